The predicted octanol–water partition coefficient (Wildman–Crippen LogP) is 2.87. The summed E-state index contributed by atoms with van der Waals surface area (Å²) in [4.78, 5) is 16.6. The summed E-state index contributed by atoms with van der Waals surface area (Å²) in [5.74, 6) is 0.447. The number of sulfonamides is 1. The van der Waals surface area contributed by atoms with Gasteiger partial charge >= 0.3 is 0 Å². The van der Waals surface area contributed by atoms with Gasteiger partial charge in [-0.05, 0) is 50.7 Å². The van der Waals surface area contributed by atoms with E-state index in [1.807, 2.05) is 6.19 Å². The van der Waals surface area contributed by atoms with Crippen LogP contribution in [0.15, 0.2) is 41.7 Å². The zero-order valence-corrected chi connectivity index (χ0v) is 22.9. The summed E-state index contributed by atoms with van der Waals surface area (Å²) in [5.41, 5.74) is 0.785. The Morgan fingerprint density at radius 2 is 2.00 bits per heavy atom. The van der Waals surface area contributed by atoms with Crippen LogP contribution in [0, 0.1) is 11.5 Å². The Morgan fingerprint density at radius 1 is 1.21 bits per heavy atom. The van der Waals surface area contributed by atoms with E-state index in [0.717, 1.165) is 57.3 Å². The monoisotopic (exact) mass is 547 g/mol. The van der Waals surface area contributed by atoms with Crippen molar-refractivity contribution in [2.75, 3.05) is 57.1 Å². The molecular formula is C26H41N7O4S. The molecule has 12 heteroatoms. The topological polar surface area (TPSA) is 132 Å². The highest BCUT2D eigenvalue weighted by atomic mass is 32.2. The number of aliphatic imine (C=N–C) groups is 1. The average Bonchev–Trinajstić information content (AvgIpc) is 3.21. The lowest BCUT2D eigenvalue weighted by Crippen LogP contribution is -2.44. The van der Waals surface area contributed by atoms with E-state index in [-0.39, 0.29) is 11.8 Å². The molecule has 11 nitrogen and oxygen atoms in total. The summed E-state index contributed by atoms with van der Waals surface area (Å²) in [7, 11) is -3.54. The van der Waals surface area contributed by atoms with Crippen molar-refractivity contribution in [3.63, 3.8) is 0 Å². The molecule has 1 saturated heterocycles. The Morgan fingerprint density at radius 3 is 2.79 bits per heavy atom. The number of hydrogen-bond donors (Lipinski definition) is 2. The van der Waals surface area contributed by atoms with Crippen molar-refractivity contribution in [2.45, 2.75) is 57.4 Å². The molecule has 3 rings (SSSR count). The van der Waals surface area contributed by atoms with E-state index in [1.165, 1.54) is 4.47 Å². The van der Waals surface area contributed by atoms with Crippen LogP contribution in [0.25, 0.3) is 0 Å². The molecule has 1 aromatic rings. The Balaban J connectivity index is 1.43. The van der Waals surface area contributed by atoms with Gasteiger partial charge in [0.15, 0.2) is 6.19 Å². The molecule has 2 aliphatic rings. The van der Waals surface area contributed by atoms with Crippen molar-refractivity contribution < 1.29 is 18.0 Å². The summed E-state index contributed by atoms with van der Waals surface area (Å²) < 4.78 is 33.3. The van der Waals surface area contributed by atoms with Crippen LogP contribution in [0.4, 0.5) is 5.69 Å². The third-order valence-corrected chi connectivity index (χ3v) is 8.24. The zero-order chi connectivity index (χ0) is 26.9. The minimum atomic E-state index is -3.54. The second kappa shape index (κ2) is 17.1. The minimum Gasteiger partial charge on any atom is -0.379 e. The predicted molar refractivity (Wildman–Crippen MR) is 148 cm³/mol. The summed E-state index contributed by atoms with van der Waals surface area (Å²) in [6, 6.07) is 3.42. The maximum Gasteiger partial charge on any atom is 0.236 e. The summed E-state index contributed by atoms with van der Waals surface area (Å²) >= 11 is 0. The Hall–Kier alpha value is -2.56. The number of nitrogens with one attached hydrogen (secondary N) is 2. The van der Waals surface area contributed by atoms with E-state index < -0.39 is 10.0 Å². The molecule has 1 atom stereocenters. The van der Waals surface area contributed by atoms with Gasteiger partial charge < -0.3 is 10.1 Å². The number of morpholine rings is 1. The third kappa shape index (κ3) is 11.0. The molecule has 2 heterocycles. The van der Waals surface area contributed by atoms with Crippen molar-refractivity contribution in [3.8, 4) is 6.19 Å². The first-order chi connectivity index (χ1) is 18.6. The fourth-order valence-electron chi connectivity index (χ4n) is 4.42. The van der Waals surface area contributed by atoms with Gasteiger partial charge in [-0.25, -0.2) is 8.42 Å². The van der Waals surface area contributed by atoms with E-state index in [4.69, 9.17) is 14.8 Å². The number of ether oxygens (including phenoxy) is 1. The lowest BCUT2D eigenvalue weighted by Gasteiger charge is -2.31. The van der Waals surface area contributed by atoms with Crippen LogP contribution >= 0.6 is 0 Å². The smallest absolute Gasteiger partial charge is 0.236 e. The van der Waals surface area contributed by atoms with Gasteiger partial charge in [0.1, 0.15) is 0 Å². The molecule has 2 N–H and O–H groups in total. The van der Waals surface area contributed by atoms with Crippen LogP contribution in [0.5, 0.6) is 0 Å². The standard InChI is InChI=1S/C26H41N7O4S/c27-23-30-26(31-24-11-14-28-15-12-24)29-13-7-3-4-8-22-38(34,35)33(25-9-5-1-2-6-10-25)37-21-18-32-16-19-36-20-17-32/h1,5,11-12,14-15,25H,2-4,6-10,13,16-22H2,(H2,28,29,30,31). The molecule has 0 bridgehead atoms. The SMILES string of the molecule is N#CNC(=NCCCCCCS(=O)(=O)N(OCCN1CCOCC1)C1CC=CCCC1)Nc1ccncc1. The van der Waals surface area contributed by atoms with E-state index in [9.17, 15) is 8.42 Å². The fraction of sp³-hybridized carbons (Fsp3) is 0.654. The Labute approximate surface area is 226 Å². The number of pyridine rings is 1. The van der Waals surface area contributed by atoms with Gasteiger partial charge in [-0.3, -0.25) is 25.0 Å². The number of anilines is 1. The molecule has 1 aliphatic heterocycles. The average molecular weight is 548 g/mol. The Kier molecular flexibility index (Phi) is 13.5. The quantitative estimate of drug-likeness (QED) is 0.0686. The highest BCUT2D eigenvalue weighted by Crippen LogP contribution is 2.22. The van der Waals surface area contributed by atoms with Crippen LogP contribution in [0.3, 0.4) is 0 Å². The maximum absolute atomic E-state index is 13.3. The molecular weight excluding hydrogens is 506 g/mol. The number of rotatable bonds is 14. The summed E-state index contributed by atoms with van der Waals surface area (Å²) in [5, 5.41) is 14.6. The summed E-state index contributed by atoms with van der Waals surface area (Å²) in [6.07, 6.45) is 15.8. The highest BCUT2D eigenvalue weighted by molar-refractivity contribution is 7.88. The van der Waals surface area contributed by atoms with E-state index in [0.29, 0.717) is 51.7 Å². The van der Waals surface area contributed by atoms with Gasteiger partial charge in [-0.1, -0.05) is 29.5 Å². The van der Waals surface area contributed by atoms with Crippen LogP contribution in [0.1, 0.15) is 51.4 Å². The zero-order valence-electron chi connectivity index (χ0n) is 22.1. The molecule has 38 heavy (non-hydrogen) atoms. The number of aromatic nitrogens is 1. The van der Waals surface area contributed by atoms with Crippen molar-refractivity contribution in [1.82, 2.24) is 19.7 Å². The second-order valence-corrected chi connectivity index (χ2v) is 11.3. The molecule has 0 amide bonds. The number of allylic oxidation sites excluding steroid dienone is 1. The van der Waals surface area contributed by atoms with Crippen LogP contribution < -0.4 is 10.6 Å². The highest BCUT2D eigenvalue weighted by Gasteiger charge is 2.31. The fourth-order valence-corrected chi connectivity index (χ4v) is 6.04. The lowest BCUT2D eigenvalue weighted by molar-refractivity contribution is -0.121. The van der Waals surface area contributed by atoms with Gasteiger partial charge in [-0.15, -0.1) is 0 Å². The summed E-state index contributed by atoms with van der Waals surface area (Å²) in [6.45, 7) is 4.68. The van der Waals surface area contributed by atoms with Gasteiger partial charge in [-0.2, -0.15) is 5.26 Å². The number of hydrogen-bond acceptors (Lipinski definition) is 8. The van der Waals surface area contributed by atoms with E-state index >= 15 is 0 Å². The lowest BCUT2D eigenvalue weighted by atomic mass is 10.1. The normalized spacial score (nSPS) is 19.2. The molecule has 1 fully saturated rings. The van der Waals surface area contributed by atoms with Gasteiger partial charge in [0.05, 0.1) is 31.6 Å². The molecule has 1 aliphatic carbocycles. The third-order valence-electron chi connectivity index (χ3n) is 6.48. The van der Waals surface area contributed by atoms with Crippen molar-refractivity contribution >= 4 is 21.7 Å². The second-order valence-electron chi connectivity index (χ2n) is 9.39. The molecule has 0 spiro atoms. The van der Waals surface area contributed by atoms with E-state index in [1.54, 1.807) is 24.5 Å². The van der Waals surface area contributed by atoms with Crippen molar-refractivity contribution in [1.29, 1.82) is 5.26 Å². The van der Waals surface area contributed by atoms with Gasteiger partial charge in [0.25, 0.3) is 0 Å². The van der Waals surface area contributed by atoms with Crippen molar-refractivity contribution in [2.24, 2.45) is 4.99 Å². The molecule has 1 aromatic heterocycles. The first-order valence-electron chi connectivity index (χ1n) is 13.6. The molecule has 1 unspecified atom stereocenters. The molecule has 210 valence electrons. The number of nitrogens with zero attached hydrogens (tertiary/aromatic N) is 5. The van der Waals surface area contributed by atoms with Gasteiger partial charge in [0.2, 0.25) is 16.0 Å². The Bertz CT molecular complexity index is 1010. The molecule has 0 aromatic carbocycles. The number of unbranched alkanes of at least 4 members (excludes halogenated alkanes) is 3. The first-order valence-corrected chi connectivity index (χ1v) is 15.2. The molecule has 0 radical (unpaired) electrons. The van der Waals surface area contributed by atoms with E-state index in [2.05, 4.69) is 37.7 Å². The number of hydroxylamine groups is 1. The number of guanidine groups is 1. The minimum absolute atomic E-state index is 0.0683. The van der Waals surface area contributed by atoms with Crippen LogP contribution in [-0.2, 0) is 19.6 Å². The van der Waals surface area contributed by atoms with Crippen molar-refractivity contribution in [3.05, 3.63) is 36.7 Å². The molecule has 0 saturated carbocycles. The first kappa shape index (κ1) is 30.0. The number of nitriles is 1. The van der Waals surface area contributed by atoms with Crippen LogP contribution in [0.2, 0.25) is 0 Å². The maximum atomic E-state index is 13.3. The largest absolute Gasteiger partial charge is 0.379 e. The van der Waals surface area contributed by atoms with Crippen LogP contribution in [-0.4, -0.2) is 86.5 Å². The van der Waals surface area contributed by atoms with Gasteiger partial charge in [0, 0.05) is 44.3 Å².